The van der Waals surface area contributed by atoms with Crippen LogP contribution >= 0.6 is 11.6 Å². The van der Waals surface area contributed by atoms with Crippen molar-refractivity contribution in [3.8, 4) is 11.5 Å². The smallest absolute Gasteiger partial charge is 0.153 e. The molecule has 0 atom stereocenters. The van der Waals surface area contributed by atoms with Crippen molar-refractivity contribution in [3.05, 3.63) is 72.0 Å². The van der Waals surface area contributed by atoms with Crippen LogP contribution in [0.25, 0.3) is 11.0 Å². The number of H-pyrrole nitrogens is 1. The highest BCUT2D eigenvalue weighted by Crippen LogP contribution is 2.52. The summed E-state index contributed by atoms with van der Waals surface area (Å²) < 4.78 is 6.11. The molecule has 0 bridgehead atoms. The number of benzene rings is 3. The zero-order chi connectivity index (χ0) is 16.1. The number of para-hydroxylation sites is 2. The molecule has 1 aliphatic heterocycles. The first-order valence-corrected chi connectivity index (χ1v) is 7.98. The van der Waals surface area contributed by atoms with Gasteiger partial charge in [-0.25, -0.2) is 4.98 Å². The van der Waals surface area contributed by atoms with E-state index in [4.69, 9.17) is 16.3 Å². The summed E-state index contributed by atoms with van der Waals surface area (Å²) in [5.74, 6) is 1.60. The van der Waals surface area contributed by atoms with Crippen LogP contribution in [0.4, 0.5) is 17.1 Å². The summed E-state index contributed by atoms with van der Waals surface area (Å²) in [6, 6.07) is 19.7. The van der Waals surface area contributed by atoms with Crippen molar-refractivity contribution in [2.75, 3.05) is 4.90 Å². The van der Waals surface area contributed by atoms with Crippen molar-refractivity contribution >= 4 is 39.7 Å². The molecule has 5 rings (SSSR count). The first-order valence-electron chi connectivity index (χ1n) is 7.60. The molecule has 24 heavy (non-hydrogen) atoms. The Morgan fingerprint density at radius 2 is 1.75 bits per heavy atom. The maximum absolute atomic E-state index is 6.11. The number of imidazole rings is 1. The third-order valence-corrected chi connectivity index (χ3v) is 4.41. The zero-order valence-electron chi connectivity index (χ0n) is 12.5. The lowest BCUT2D eigenvalue weighted by Crippen LogP contribution is -2.16. The Morgan fingerprint density at radius 1 is 0.917 bits per heavy atom. The molecule has 4 nitrogen and oxygen atoms in total. The predicted octanol–water partition coefficient (Wildman–Crippen LogP) is 5.79. The van der Waals surface area contributed by atoms with Crippen LogP contribution in [-0.4, -0.2) is 9.97 Å². The number of hydrogen-bond donors (Lipinski definition) is 1. The van der Waals surface area contributed by atoms with Gasteiger partial charge >= 0.3 is 0 Å². The number of hydrogen-bond acceptors (Lipinski definition) is 3. The van der Waals surface area contributed by atoms with Gasteiger partial charge in [-0.15, -0.1) is 0 Å². The van der Waals surface area contributed by atoms with E-state index in [2.05, 4.69) is 14.9 Å². The van der Waals surface area contributed by atoms with Crippen molar-refractivity contribution in [3.63, 3.8) is 0 Å². The summed E-state index contributed by atoms with van der Waals surface area (Å²) >= 11 is 6.07. The Kier molecular flexibility index (Phi) is 2.81. The topological polar surface area (TPSA) is 41.1 Å². The Balaban J connectivity index is 1.84. The molecule has 1 aliphatic rings. The minimum absolute atomic E-state index is 0.707. The highest BCUT2D eigenvalue weighted by atomic mass is 35.5. The fourth-order valence-corrected chi connectivity index (χ4v) is 3.22. The Hall–Kier alpha value is -2.98. The Labute approximate surface area is 143 Å². The zero-order valence-corrected chi connectivity index (χ0v) is 13.3. The quantitative estimate of drug-likeness (QED) is 0.422. The number of halogens is 1. The van der Waals surface area contributed by atoms with E-state index >= 15 is 0 Å². The molecule has 5 heteroatoms. The van der Waals surface area contributed by atoms with Crippen molar-refractivity contribution < 1.29 is 4.74 Å². The van der Waals surface area contributed by atoms with Crippen LogP contribution in [0, 0.1) is 0 Å². The lowest BCUT2D eigenvalue weighted by atomic mass is 10.1. The van der Waals surface area contributed by atoms with E-state index in [-0.39, 0.29) is 0 Å². The lowest BCUT2D eigenvalue weighted by Gasteiger charge is -2.32. The molecule has 4 aromatic rings. The third kappa shape index (κ3) is 1.90. The number of aromatic nitrogens is 2. The van der Waals surface area contributed by atoms with Crippen molar-refractivity contribution in [2.24, 2.45) is 0 Å². The van der Waals surface area contributed by atoms with E-state index in [0.717, 1.165) is 39.6 Å². The molecule has 1 aromatic heterocycles. The van der Waals surface area contributed by atoms with Gasteiger partial charge in [-0.3, -0.25) is 0 Å². The second-order valence-corrected chi connectivity index (χ2v) is 6.03. The van der Waals surface area contributed by atoms with Crippen molar-refractivity contribution in [2.45, 2.75) is 0 Å². The summed E-state index contributed by atoms with van der Waals surface area (Å²) in [4.78, 5) is 9.82. The fraction of sp³-hybridized carbons (Fsp3) is 0. The first-order chi connectivity index (χ1) is 11.8. The average molecular weight is 334 g/mol. The van der Waals surface area contributed by atoms with Crippen LogP contribution in [0.5, 0.6) is 11.5 Å². The van der Waals surface area contributed by atoms with E-state index in [9.17, 15) is 0 Å². The normalized spacial score (nSPS) is 12.6. The molecular weight excluding hydrogens is 322 g/mol. The molecule has 2 heterocycles. The van der Waals surface area contributed by atoms with Crippen molar-refractivity contribution in [1.82, 2.24) is 9.97 Å². The van der Waals surface area contributed by atoms with Gasteiger partial charge in [0.15, 0.2) is 11.5 Å². The van der Waals surface area contributed by atoms with Gasteiger partial charge in [-0.1, -0.05) is 23.7 Å². The van der Waals surface area contributed by atoms with Gasteiger partial charge in [0.25, 0.3) is 0 Å². The highest BCUT2D eigenvalue weighted by molar-refractivity contribution is 6.30. The van der Waals surface area contributed by atoms with Crippen LogP contribution in [0.2, 0.25) is 5.02 Å². The lowest BCUT2D eigenvalue weighted by molar-refractivity contribution is 0.478. The summed E-state index contributed by atoms with van der Waals surface area (Å²) in [5.41, 5.74) is 4.75. The first kappa shape index (κ1) is 13.5. The molecule has 0 fully saturated rings. The van der Waals surface area contributed by atoms with E-state index in [1.165, 1.54) is 0 Å². The molecule has 116 valence electrons. The van der Waals surface area contributed by atoms with Gasteiger partial charge in [0.05, 0.1) is 17.5 Å². The van der Waals surface area contributed by atoms with E-state index in [0.29, 0.717) is 5.02 Å². The number of fused-ring (bicyclic) bond motifs is 4. The van der Waals surface area contributed by atoms with Gasteiger partial charge in [-0.05, 0) is 48.5 Å². The minimum Gasteiger partial charge on any atom is -0.453 e. The van der Waals surface area contributed by atoms with Crippen molar-refractivity contribution in [1.29, 1.82) is 0 Å². The molecule has 0 unspecified atom stereocenters. The number of anilines is 3. The summed E-state index contributed by atoms with van der Waals surface area (Å²) in [6.45, 7) is 0. The molecule has 0 amide bonds. The minimum atomic E-state index is 0.707. The molecule has 0 saturated heterocycles. The maximum Gasteiger partial charge on any atom is 0.153 e. The molecule has 0 radical (unpaired) electrons. The van der Waals surface area contributed by atoms with Crippen LogP contribution in [0.1, 0.15) is 0 Å². The van der Waals surface area contributed by atoms with Crippen LogP contribution in [-0.2, 0) is 0 Å². The van der Waals surface area contributed by atoms with E-state index in [1.807, 2.05) is 60.7 Å². The molecule has 0 saturated carbocycles. The molecule has 1 N–H and O–H groups in total. The van der Waals surface area contributed by atoms with E-state index in [1.54, 1.807) is 6.33 Å². The van der Waals surface area contributed by atoms with Crippen LogP contribution in [0.3, 0.4) is 0 Å². The average Bonchev–Trinajstić information content (AvgIpc) is 3.09. The second kappa shape index (κ2) is 5.01. The van der Waals surface area contributed by atoms with Gasteiger partial charge in [0.2, 0.25) is 0 Å². The largest absolute Gasteiger partial charge is 0.453 e. The molecule has 0 spiro atoms. The van der Waals surface area contributed by atoms with Gasteiger partial charge < -0.3 is 14.6 Å². The third-order valence-electron chi connectivity index (χ3n) is 4.16. The predicted molar refractivity (Wildman–Crippen MR) is 95.9 cm³/mol. The van der Waals surface area contributed by atoms with Gasteiger partial charge in [0.1, 0.15) is 11.2 Å². The molecule has 3 aromatic carbocycles. The van der Waals surface area contributed by atoms with Gasteiger partial charge in [-0.2, -0.15) is 0 Å². The van der Waals surface area contributed by atoms with Crippen LogP contribution < -0.4 is 9.64 Å². The maximum atomic E-state index is 6.11. The Morgan fingerprint density at radius 3 is 2.62 bits per heavy atom. The van der Waals surface area contributed by atoms with E-state index < -0.39 is 0 Å². The number of ether oxygens (including phenoxy) is 1. The fourth-order valence-electron chi connectivity index (χ4n) is 3.10. The number of rotatable bonds is 1. The molecule has 0 aliphatic carbocycles. The highest BCUT2D eigenvalue weighted by Gasteiger charge is 2.28. The Bertz CT molecular complexity index is 1060. The van der Waals surface area contributed by atoms with Gasteiger partial charge in [0, 0.05) is 10.7 Å². The standard InChI is InChI=1S/C19H12ClN3O/c20-12-5-7-13(8-6-12)23-15-3-1-2-4-16(15)24-17-10-9-14-18(19(17)23)22-11-21-14/h1-11H,(H,21,22). The van der Waals surface area contributed by atoms with Crippen LogP contribution in [0.15, 0.2) is 67.0 Å². The summed E-state index contributed by atoms with van der Waals surface area (Å²) in [7, 11) is 0. The second-order valence-electron chi connectivity index (χ2n) is 5.59. The number of aromatic amines is 1. The summed E-state index contributed by atoms with van der Waals surface area (Å²) in [6.07, 6.45) is 1.70. The summed E-state index contributed by atoms with van der Waals surface area (Å²) in [5, 5.41) is 0.707. The number of nitrogens with one attached hydrogen (secondary N) is 1. The molecular formula is C19H12ClN3O. The number of nitrogens with zero attached hydrogens (tertiary/aromatic N) is 2. The SMILES string of the molecule is Clc1ccc(N2c3ccccc3Oc3ccc4[nH]cnc4c32)cc1. The monoisotopic (exact) mass is 333 g/mol.